The number of benzene rings is 1. The first-order chi connectivity index (χ1) is 20.5. The van der Waals surface area contributed by atoms with Gasteiger partial charge in [-0.15, -0.1) is 0 Å². The van der Waals surface area contributed by atoms with Crippen molar-refractivity contribution in [3.63, 3.8) is 0 Å². The minimum Gasteiger partial charge on any atom is -0.507 e. The molecule has 0 atom stereocenters. The van der Waals surface area contributed by atoms with E-state index in [1.165, 1.54) is 0 Å². The number of nitrogens with zero attached hydrogens (tertiary/aromatic N) is 2. The van der Waals surface area contributed by atoms with Crippen molar-refractivity contribution in [2.75, 3.05) is 0 Å². The summed E-state index contributed by atoms with van der Waals surface area (Å²) >= 11 is 0. The van der Waals surface area contributed by atoms with E-state index in [1.807, 2.05) is 48.6 Å². The molecule has 8 bridgehead atoms. The highest BCUT2D eigenvalue weighted by Crippen LogP contribution is 2.29. The topological polar surface area (TPSA) is 227 Å². The lowest BCUT2D eigenvalue weighted by molar-refractivity contribution is 0.0617. The Balaban J connectivity index is 0.000000177. The number of hydrogen-bond acceptors (Lipinski definition) is 7. The number of phenols is 1. The van der Waals surface area contributed by atoms with Gasteiger partial charge < -0.3 is 35.5 Å². The van der Waals surface area contributed by atoms with Gasteiger partial charge in [-0.3, -0.25) is 0 Å². The van der Waals surface area contributed by atoms with Crippen LogP contribution in [0.4, 0.5) is 0 Å². The molecule has 0 fully saturated rings. The number of rotatable bonds is 4. The molecule has 5 heterocycles. The summed E-state index contributed by atoms with van der Waals surface area (Å²) in [4.78, 5) is 59.6. The number of aromatic carboxylic acids is 4. The second-order valence-corrected chi connectivity index (χ2v) is 9.19. The van der Waals surface area contributed by atoms with Crippen LogP contribution < -0.4 is 0 Å². The molecule has 214 valence electrons. The maximum absolute atomic E-state index is 10.9. The highest BCUT2D eigenvalue weighted by molar-refractivity contribution is 6.15. The predicted molar refractivity (Wildman–Crippen MR) is 155 cm³/mol. The van der Waals surface area contributed by atoms with Gasteiger partial charge in [-0.05, 0) is 78.9 Å². The molecule has 0 saturated carbocycles. The van der Waals surface area contributed by atoms with Gasteiger partial charge in [-0.1, -0.05) is 0 Å². The Hall–Kier alpha value is -6.50. The van der Waals surface area contributed by atoms with Crippen LogP contribution in [-0.2, 0) is 0 Å². The molecular formula is C30H20N4O9. The normalized spacial score (nSPS) is 11.4. The van der Waals surface area contributed by atoms with Gasteiger partial charge >= 0.3 is 23.9 Å². The van der Waals surface area contributed by atoms with Gasteiger partial charge in [0.25, 0.3) is 0 Å². The zero-order chi connectivity index (χ0) is 30.8. The van der Waals surface area contributed by atoms with Crippen LogP contribution in [0.3, 0.4) is 0 Å². The lowest BCUT2D eigenvalue weighted by atomic mass is 9.94. The average Bonchev–Trinajstić information content (AvgIpc) is 3.74. The van der Waals surface area contributed by atoms with Gasteiger partial charge in [-0.25, -0.2) is 29.1 Å². The van der Waals surface area contributed by atoms with E-state index in [4.69, 9.17) is 20.4 Å². The number of H-pyrrole nitrogens is 2. The maximum atomic E-state index is 10.9. The molecule has 43 heavy (non-hydrogen) atoms. The zero-order valence-electron chi connectivity index (χ0n) is 21.8. The standard InChI is InChI=1S/C20H14N4.C10H6O9/c1-2-14-10-16-5-6-18(23-16)12-20-8-7-19(24-20)11-17-4-3-15(22-17)9-13(1)21-14;11-3-1-2(7(12)13)4(8(14)15)6(10(18)19)5(3)9(16)17/h1-12,21,24H;1,11H,(H,12,13)(H,14,15)(H,16,17)(H,18,19). The summed E-state index contributed by atoms with van der Waals surface area (Å²) in [6.07, 6.45) is 8.09. The van der Waals surface area contributed by atoms with E-state index in [9.17, 15) is 24.3 Å². The number of nitrogens with one attached hydrogen (secondary N) is 2. The van der Waals surface area contributed by atoms with Crippen molar-refractivity contribution in [1.29, 1.82) is 0 Å². The number of aromatic hydroxyl groups is 1. The molecule has 7 N–H and O–H groups in total. The lowest BCUT2D eigenvalue weighted by Gasteiger charge is -2.10. The average molecular weight is 581 g/mol. The summed E-state index contributed by atoms with van der Waals surface area (Å²) in [5, 5.41) is 44.6. The van der Waals surface area contributed by atoms with Gasteiger partial charge in [0.1, 0.15) is 11.3 Å². The Labute approximate surface area is 240 Å². The first kappa shape index (κ1) is 28.0. The summed E-state index contributed by atoms with van der Waals surface area (Å²) < 4.78 is 0. The van der Waals surface area contributed by atoms with Crippen molar-refractivity contribution < 1.29 is 44.7 Å². The van der Waals surface area contributed by atoms with Crippen LogP contribution >= 0.6 is 0 Å². The van der Waals surface area contributed by atoms with Crippen LogP contribution in [0.2, 0.25) is 0 Å². The van der Waals surface area contributed by atoms with Crippen molar-refractivity contribution in [2.24, 2.45) is 0 Å². The molecule has 6 rings (SSSR count). The Morgan fingerprint density at radius 3 is 1.14 bits per heavy atom. The first-order valence-corrected chi connectivity index (χ1v) is 12.4. The molecule has 4 aromatic rings. The lowest BCUT2D eigenvalue weighted by Crippen LogP contribution is -2.19. The van der Waals surface area contributed by atoms with E-state index < -0.39 is 51.9 Å². The summed E-state index contributed by atoms with van der Waals surface area (Å²) in [5.74, 6) is -8.76. The third-order valence-electron chi connectivity index (χ3n) is 6.22. The van der Waals surface area contributed by atoms with Gasteiger partial charge in [0.05, 0.1) is 39.5 Å². The van der Waals surface area contributed by atoms with Gasteiger partial charge in [0, 0.05) is 22.1 Å². The summed E-state index contributed by atoms with van der Waals surface area (Å²) in [6, 6.07) is 16.7. The SMILES string of the molecule is C1=Cc2cc3ccc(cc4nc(cc5ccc(cc1n2)[nH]5)C=C4)[nH]3.O=C(O)c1cc(O)c(C(=O)O)c(C(=O)O)c1C(=O)O. The molecule has 3 aromatic heterocycles. The van der Waals surface area contributed by atoms with Crippen molar-refractivity contribution in [1.82, 2.24) is 19.9 Å². The second kappa shape index (κ2) is 11.2. The van der Waals surface area contributed by atoms with Gasteiger partial charge in [0.15, 0.2) is 0 Å². The Bertz CT molecular complexity index is 1890. The largest absolute Gasteiger partial charge is 0.507 e. The summed E-state index contributed by atoms with van der Waals surface area (Å²) in [7, 11) is 0. The quantitative estimate of drug-likeness (QED) is 0.149. The number of fused-ring (bicyclic) bond motifs is 8. The smallest absolute Gasteiger partial charge is 0.340 e. The maximum Gasteiger partial charge on any atom is 0.340 e. The summed E-state index contributed by atoms with van der Waals surface area (Å²) in [6.45, 7) is 0. The molecule has 13 heteroatoms. The van der Waals surface area contributed by atoms with Crippen molar-refractivity contribution in [3.8, 4) is 5.75 Å². The molecule has 0 unspecified atom stereocenters. The number of aromatic nitrogens is 4. The van der Waals surface area contributed by atoms with Crippen LogP contribution in [0.15, 0.2) is 54.6 Å². The zero-order valence-corrected chi connectivity index (χ0v) is 21.8. The Kier molecular flexibility index (Phi) is 7.29. The van der Waals surface area contributed by atoms with E-state index in [1.54, 1.807) is 0 Å². The Morgan fingerprint density at radius 1 is 0.488 bits per heavy atom. The van der Waals surface area contributed by atoms with E-state index in [-0.39, 0.29) is 0 Å². The molecule has 0 aliphatic carbocycles. The van der Waals surface area contributed by atoms with E-state index in [0.29, 0.717) is 6.07 Å². The van der Waals surface area contributed by atoms with Gasteiger partial charge in [-0.2, -0.15) is 0 Å². The van der Waals surface area contributed by atoms with Crippen LogP contribution in [0, 0.1) is 0 Å². The number of carboxylic acid groups (broad SMARTS) is 4. The van der Waals surface area contributed by atoms with Crippen molar-refractivity contribution in [2.45, 2.75) is 0 Å². The molecule has 2 aliphatic heterocycles. The molecule has 1 aromatic carbocycles. The fourth-order valence-electron chi connectivity index (χ4n) is 4.43. The predicted octanol–water partition coefficient (Wildman–Crippen LogP) is 4.84. The highest BCUT2D eigenvalue weighted by atomic mass is 16.4. The van der Waals surface area contributed by atoms with Crippen LogP contribution in [0.1, 0.15) is 64.2 Å². The van der Waals surface area contributed by atoms with Crippen LogP contribution in [0.5, 0.6) is 5.75 Å². The first-order valence-electron chi connectivity index (χ1n) is 12.4. The van der Waals surface area contributed by atoms with E-state index in [0.717, 1.165) is 44.8 Å². The van der Waals surface area contributed by atoms with Crippen molar-refractivity contribution >= 4 is 70.2 Å². The molecule has 0 amide bonds. The number of carbonyl (C=O) groups is 4. The van der Waals surface area contributed by atoms with Crippen LogP contribution in [-0.4, -0.2) is 69.3 Å². The monoisotopic (exact) mass is 580 g/mol. The second-order valence-electron chi connectivity index (χ2n) is 9.19. The molecular weight excluding hydrogens is 560 g/mol. The number of carboxylic acids is 4. The molecule has 2 aliphatic rings. The third-order valence-corrected chi connectivity index (χ3v) is 6.22. The molecule has 13 nitrogen and oxygen atoms in total. The minimum atomic E-state index is -1.98. The number of hydrogen-bond donors (Lipinski definition) is 7. The minimum absolute atomic E-state index is 0.377. The number of aromatic amines is 2. The highest BCUT2D eigenvalue weighted by Gasteiger charge is 2.32. The van der Waals surface area contributed by atoms with Gasteiger partial charge in [0.2, 0.25) is 0 Å². The fraction of sp³-hybridized carbons (Fsp3) is 0. The van der Waals surface area contributed by atoms with E-state index >= 15 is 0 Å². The molecule has 0 saturated heterocycles. The van der Waals surface area contributed by atoms with E-state index in [2.05, 4.69) is 44.2 Å². The molecule has 0 spiro atoms. The molecule has 0 radical (unpaired) electrons. The van der Waals surface area contributed by atoms with Crippen LogP contribution in [0.25, 0.3) is 46.4 Å². The van der Waals surface area contributed by atoms with Crippen molar-refractivity contribution in [3.05, 3.63) is 99.6 Å². The fourth-order valence-corrected chi connectivity index (χ4v) is 4.43. The third kappa shape index (κ3) is 6.00. The Morgan fingerprint density at radius 2 is 0.837 bits per heavy atom. The summed E-state index contributed by atoms with van der Waals surface area (Å²) in [5.41, 5.74) is 3.15.